The highest BCUT2D eigenvalue weighted by Crippen LogP contribution is 2.24. The van der Waals surface area contributed by atoms with Gasteiger partial charge in [0.25, 0.3) is 0 Å². The fourth-order valence-corrected chi connectivity index (χ4v) is 3.03. The van der Waals surface area contributed by atoms with Crippen molar-refractivity contribution in [2.75, 3.05) is 6.61 Å². The van der Waals surface area contributed by atoms with Crippen molar-refractivity contribution in [3.05, 3.63) is 71.8 Å². The normalized spacial score (nSPS) is 20.4. The number of hydrogen-bond donors (Lipinski definition) is 3. The van der Waals surface area contributed by atoms with Gasteiger partial charge in [0.1, 0.15) is 6.61 Å². The molecular formula is C20H24N2O3. The van der Waals surface area contributed by atoms with Crippen molar-refractivity contribution in [2.24, 2.45) is 0 Å². The van der Waals surface area contributed by atoms with E-state index in [4.69, 9.17) is 4.74 Å². The molecular weight excluding hydrogens is 316 g/mol. The molecule has 1 amide bonds. The van der Waals surface area contributed by atoms with Gasteiger partial charge in [0, 0.05) is 12.1 Å². The third-order valence-corrected chi connectivity index (χ3v) is 4.49. The lowest BCUT2D eigenvalue weighted by Crippen LogP contribution is -2.53. The van der Waals surface area contributed by atoms with E-state index in [-0.39, 0.29) is 37.4 Å². The van der Waals surface area contributed by atoms with Gasteiger partial charge in [-0.25, -0.2) is 4.79 Å². The van der Waals surface area contributed by atoms with Gasteiger partial charge in [-0.3, -0.25) is 0 Å². The quantitative estimate of drug-likeness (QED) is 0.725. The van der Waals surface area contributed by atoms with Gasteiger partial charge in [-0.1, -0.05) is 60.7 Å². The summed E-state index contributed by atoms with van der Waals surface area (Å²) in [5.74, 6) is 0. The van der Waals surface area contributed by atoms with Crippen LogP contribution in [0, 0.1) is 0 Å². The Morgan fingerprint density at radius 3 is 2.32 bits per heavy atom. The van der Waals surface area contributed by atoms with Gasteiger partial charge in [-0.2, -0.15) is 0 Å². The van der Waals surface area contributed by atoms with Gasteiger partial charge < -0.3 is 20.5 Å². The highest BCUT2D eigenvalue weighted by Gasteiger charge is 2.32. The number of aliphatic hydroxyl groups excluding tert-OH is 1. The molecule has 0 aliphatic heterocycles. The first kappa shape index (κ1) is 17.5. The lowest BCUT2D eigenvalue weighted by Gasteiger charge is -2.38. The van der Waals surface area contributed by atoms with Crippen LogP contribution in [-0.4, -0.2) is 29.9 Å². The summed E-state index contributed by atoms with van der Waals surface area (Å²) >= 11 is 0. The monoisotopic (exact) mass is 340 g/mol. The number of hydrogen-bond acceptors (Lipinski definition) is 4. The number of ether oxygens (including phenoxy) is 1. The molecule has 3 rings (SSSR count). The first-order chi connectivity index (χ1) is 12.2. The summed E-state index contributed by atoms with van der Waals surface area (Å²) in [5.41, 5.74) is 2.04. The molecule has 2 aromatic carbocycles. The van der Waals surface area contributed by atoms with E-state index in [1.165, 1.54) is 0 Å². The van der Waals surface area contributed by atoms with Crippen molar-refractivity contribution in [2.45, 2.75) is 37.6 Å². The van der Waals surface area contributed by atoms with Crippen LogP contribution < -0.4 is 10.6 Å². The Morgan fingerprint density at radius 1 is 1.04 bits per heavy atom. The summed E-state index contributed by atoms with van der Waals surface area (Å²) in [6.45, 7) is 0.333. The van der Waals surface area contributed by atoms with Crippen LogP contribution in [-0.2, 0) is 11.3 Å². The van der Waals surface area contributed by atoms with E-state index >= 15 is 0 Å². The van der Waals surface area contributed by atoms with Crippen molar-refractivity contribution < 1.29 is 14.6 Å². The Kier molecular flexibility index (Phi) is 6.04. The number of alkyl carbamates (subject to hydrolysis) is 1. The number of aliphatic hydroxyl groups is 1. The van der Waals surface area contributed by atoms with Gasteiger partial charge in [-0.15, -0.1) is 0 Å². The van der Waals surface area contributed by atoms with Crippen LogP contribution in [0.4, 0.5) is 4.79 Å². The lowest BCUT2D eigenvalue weighted by molar-refractivity contribution is 0.122. The largest absolute Gasteiger partial charge is 0.445 e. The lowest BCUT2D eigenvalue weighted by atomic mass is 9.86. The number of carbonyl (C=O) groups excluding carboxylic acids is 1. The Balaban J connectivity index is 1.37. The molecule has 1 aliphatic carbocycles. The molecule has 0 spiro atoms. The van der Waals surface area contributed by atoms with E-state index in [9.17, 15) is 9.90 Å². The summed E-state index contributed by atoms with van der Waals surface area (Å²) in [5, 5.41) is 15.9. The Hall–Kier alpha value is -2.37. The standard InChI is InChI=1S/C20H24N2O3/c23-13-19(16-9-5-2-6-10-16)21-17-11-18(12-17)22-20(24)25-14-15-7-3-1-4-8-15/h1-10,17-19,21,23H,11-14H2,(H,22,24)/t17?,18?,19-/m1/s1. The zero-order valence-electron chi connectivity index (χ0n) is 14.1. The van der Waals surface area contributed by atoms with Crippen LogP contribution in [0.1, 0.15) is 30.0 Å². The topological polar surface area (TPSA) is 70.6 Å². The van der Waals surface area contributed by atoms with Crippen molar-refractivity contribution in [1.29, 1.82) is 0 Å². The Morgan fingerprint density at radius 2 is 1.68 bits per heavy atom. The summed E-state index contributed by atoms with van der Waals surface area (Å²) in [6.07, 6.45) is 1.29. The fraction of sp³-hybridized carbons (Fsp3) is 0.350. The minimum atomic E-state index is -0.380. The second kappa shape index (κ2) is 8.65. The predicted molar refractivity (Wildman–Crippen MR) is 96.0 cm³/mol. The zero-order valence-corrected chi connectivity index (χ0v) is 14.1. The van der Waals surface area contributed by atoms with Crippen LogP contribution in [0.3, 0.4) is 0 Å². The van der Waals surface area contributed by atoms with Gasteiger partial charge in [-0.05, 0) is 24.0 Å². The zero-order chi connectivity index (χ0) is 17.5. The summed E-state index contributed by atoms with van der Waals surface area (Å²) in [6, 6.07) is 19.9. The van der Waals surface area contributed by atoms with Gasteiger partial charge in [0.15, 0.2) is 0 Å². The molecule has 1 fully saturated rings. The molecule has 25 heavy (non-hydrogen) atoms. The Labute approximate surface area is 148 Å². The molecule has 1 aliphatic rings. The third-order valence-electron chi connectivity index (χ3n) is 4.49. The maximum absolute atomic E-state index is 11.8. The average molecular weight is 340 g/mol. The van der Waals surface area contributed by atoms with Crippen LogP contribution in [0.5, 0.6) is 0 Å². The fourth-order valence-electron chi connectivity index (χ4n) is 3.03. The molecule has 0 aromatic heterocycles. The highest BCUT2D eigenvalue weighted by atomic mass is 16.5. The maximum Gasteiger partial charge on any atom is 0.407 e. The van der Waals surface area contributed by atoms with E-state index in [1.807, 2.05) is 60.7 Å². The van der Waals surface area contributed by atoms with Crippen molar-refractivity contribution >= 4 is 6.09 Å². The summed E-state index contributed by atoms with van der Waals surface area (Å²) in [4.78, 5) is 11.8. The second-order valence-electron chi connectivity index (χ2n) is 6.38. The number of carbonyl (C=O) groups is 1. The SMILES string of the molecule is O=C(NC1CC(N[C@H](CO)c2ccccc2)C1)OCc1ccccc1. The molecule has 132 valence electrons. The van der Waals surface area contributed by atoms with Crippen molar-refractivity contribution in [3.8, 4) is 0 Å². The average Bonchev–Trinajstić information content (AvgIpc) is 2.63. The number of benzene rings is 2. The minimum absolute atomic E-state index is 0.0533. The molecule has 0 saturated heterocycles. The molecule has 5 nitrogen and oxygen atoms in total. The molecule has 0 unspecified atom stereocenters. The number of rotatable bonds is 7. The van der Waals surface area contributed by atoms with Crippen LogP contribution in [0.25, 0.3) is 0 Å². The van der Waals surface area contributed by atoms with Crippen LogP contribution >= 0.6 is 0 Å². The van der Waals surface area contributed by atoms with Crippen LogP contribution in [0.15, 0.2) is 60.7 Å². The molecule has 0 radical (unpaired) electrons. The van der Waals surface area contributed by atoms with E-state index < -0.39 is 0 Å². The molecule has 0 bridgehead atoms. The molecule has 3 N–H and O–H groups in total. The van der Waals surface area contributed by atoms with Gasteiger partial charge in [0.2, 0.25) is 0 Å². The van der Waals surface area contributed by atoms with Crippen molar-refractivity contribution in [1.82, 2.24) is 10.6 Å². The molecule has 5 heteroatoms. The molecule has 2 aromatic rings. The second-order valence-corrected chi connectivity index (χ2v) is 6.38. The van der Waals surface area contributed by atoms with E-state index in [1.54, 1.807) is 0 Å². The first-order valence-corrected chi connectivity index (χ1v) is 8.63. The first-order valence-electron chi connectivity index (χ1n) is 8.63. The Bertz CT molecular complexity index is 657. The third kappa shape index (κ3) is 5.05. The van der Waals surface area contributed by atoms with Gasteiger partial charge in [0.05, 0.1) is 12.6 Å². The van der Waals surface area contributed by atoms with Crippen LogP contribution in [0.2, 0.25) is 0 Å². The summed E-state index contributed by atoms with van der Waals surface area (Å²) < 4.78 is 5.23. The van der Waals surface area contributed by atoms with Crippen molar-refractivity contribution in [3.63, 3.8) is 0 Å². The number of nitrogens with one attached hydrogen (secondary N) is 2. The molecule has 1 atom stereocenters. The number of amides is 1. The maximum atomic E-state index is 11.8. The highest BCUT2D eigenvalue weighted by molar-refractivity contribution is 5.67. The van der Waals surface area contributed by atoms with Gasteiger partial charge >= 0.3 is 6.09 Å². The predicted octanol–water partition coefficient (Wildman–Crippen LogP) is 2.77. The van der Waals surface area contributed by atoms with E-state index in [0.29, 0.717) is 0 Å². The van der Waals surface area contributed by atoms with E-state index in [2.05, 4.69) is 10.6 Å². The summed E-state index contributed by atoms with van der Waals surface area (Å²) in [7, 11) is 0. The smallest absolute Gasteiger partial charge is 0.407 e. The molecule has 0 heterocycles. The minimum Gasteiger partial charge on any atom is -0.445 e. The van der Waals surface area contributed by atoms with E-state index in [0.717, 1.165) is 24.0 Å². The molecule has 1 saturated carbocycles.